The Balaban J connectivity index is 2.08. The van der Waals surface area contributed by atoms with Gasteiger partial charge in [-0.05, 0) is 35.1 Å². The highest BCUT2D eigenvalue weighted by molar-refractivity contribution is 7.20. The molecule has 0 saturated carbocycles. The fraction of sp³-hybridized carbons (Fsp3) is 0.0526. The molecular weight excluding hydrogens is 303 g/mol. The summed E-state index contributed by atoms with van der Waals surface area (Å²) in [7, 11) is -1.43. The molecule has 0 atom stereocenters. The molecule has 0 amide bonds. The smallest absolute Gasteiger partial charge is 0.423 e. The molecule has 0 spiro atoms. The van der Waals surface area contributed by atoms with Gasteiger partial charge in [-0.1, -0.05) is 61.2 Å². The van der Waals surface area contributed by atoms with Crippen molar-refractivity contribution >= 4 is 46.2 Å². The van der Waals surface area contributed by atoms with E-state index in [1.54, 1.807) is 23.5 Å². The maximum absolute atomic E-state index is 9.18. The molecule has 2 nitrogen and oxygen atoms in total. The zero-order valence-electron chi connectivity index (χ0n) is 12.9. The molecule has 2 N–H and O–H groups in total. The lowest BCUT2D eigenvalue weighted by atomic mass is 9.80. The second-order valence-electron chi connectivity index (χ2n) is 5.29. The van der Waals surface area contributed by atoms with E-state index in [4.69, 9.17) is 0 Å². The van der Waals surface area contributed by atoms with Crippen molar-refractivity contribution in [1.29, 1.82) is 0 Å². The van der Waals surface area contributed by atoms with Crippen LogP contribution in [0, 0.1) is 0 Å². The number of hydrogen-bond donors (Lipinski definition) is 2. The molecule has 0 bridgehead atoms. The lowest BCUT2D eigenvalue weighted by Crippen LogP contribution is -2.29. The number of thiophene rings is 1. The van der Waals surface area contributed by atoms with Crippen molar-refractivity contribution in [2.45, 2.75) is 6.92 Å². The molecule has 2 aromatic carbocycles. The van der Waals surface area contributed by atoms with Crippen LogP contribution in [0.25, 0.3) is 33.4 Å². The van der Waals surface area contributed by atoms with Crippen molar-refractivity contribution in [2.75, 3.05) is 0 Å². The van der Waals surface area contributed by atoms with E-state index in [9.17, 15) is 10.0 Å². The minimum Gasteiger partial charge on any atom is -0.423 e. The van der Waals surface area contributed by atoms with E-state index in [1.165, 1.54) is 20.5 Å². The van der Waals surface area contributed by atoms with E-state index in [0.29, 0.717) is 5.46 Å². The first-order valence-corrected chi connectivity index (χ1v) is 8.24. The molecule has 0 aliphatic carbocycles. The van der Waals surface area contributed by atoms with E-state index < -0.39 is 7.12 Å². The molecule has 0 radical (unpaired) electrons. The van der Waals surface area contributed by atoms with Gasteiger partial charge in [-0.15, -0.1) is 11.3 Å². The van der Waals surface area contributed by atoms with Crippen molar-refractivity contribution in [2.24, 2.45) is 0 Å². The van der Waals surface area contributed by atoms with Crippen LogP contribution in [0.15, 0.2) is 55.1 Å². The maximum Gasteiger partial charge on any atom is 0.488 e. The second-order valence-corrected chi connectivity index (χ2v) is 6.37. The average molecular weight is 320 g/mol. The van der Waals surface area contributed by atoms with Crippen molar-refractivity contribution < 1.29 is 10.0 Å². The molecule has 0 saturated heterocycles. The van der Waals surface area contributed by atoms with Crippen molar-refractivity contribution in [1.82, 2.24) is 0 Å². The minimum atomic E-state index is -1.43. The molecule has 1 heterocycles. The minimum absolute atomic E-state index is 0.496. The van der Waals surface area contributed by atoms with Crippen molar-refractivity contribution in [3.63, 3.8) is 0 Å². The largest absolute Gasteiger partial charge is 0.488 e. The zero-order valence-corrected chi connectivity index (χ0v) is 13.7. The van der Waals surface area contributed by atoms with Crippen molar-refractivity contribution in [3.05, 3.63) is 65.6 Å². The summed E-state index contributed by atoms with van der Waals surface area (Å²) in [6.07, 6.45) is 6.06. The van der Waals surface area contributed by atoms with E-state index in [1.807, 2.05) is 31.2 Å². The van der Waals surface area contributed by atoms with E-state index in [2.05, 4.69) is 30.9 Å². The van der Waals surface area contributed by atoms with Crippen LogP contribution in [0.5, 0.6) is 0 Å². The Hall–Kier alpha value is -2.14. The van der Waals surface area contributed by atoms with Gasteiger partial charge in [0, 0.05) is 15.0 Å². The lowest BCUT2D eigenvalue weighted by molar-refractivity contribution is 0.426. The molecule has 0 aliphatic heterocycles. The molecule has 0 unspecified atom stereocenters. The molecule has 0 fully saturated rings. The number of fused-ring (bicyclic) bond motifs is 1. The van der Waals surface area contributed by atoms with Crippen LogP contribution in [0.2, 0.25) is 0 Å². The Morgan fingerprint density at radius 2 is 1.74 bits per heavy atom. The molecular formula is C19H17BO2S. The highest BCUT2D eigenvalue weighted by Crippen LogP contribution is 2.35. The van der Waals surface area contributed by atoms with Gasteiger partial charge in [-0.2, -0.15) is 0 Å². The number of allylic oxidation sites excluding steroid dienone is 1. The molecule has 3 aromatic rings. The van der Waals surface area contributed by atoms with E-state index in [0.717, 1.165) is 11.1 Å². The van der Waals surface area contributed by atoms with Crippen LogP contribution in [0.3, 0.4) is 0 Å². The van der Waals surface area contributed by atoms with E-state index in [-0.39, 0.29) is 0 Å². The first-order chi connectivity index (χ1) is 11.1. The van der Waals surface area contributed by atoms with Gasteiger partial charge < -0.3 is 10.0 Å². The zero-order chi connectivity index (χ0) is 16.4. The summed E-state index contributed by atoms with van der Waals surface area (Å²) < 4.78 is 1.22. The summed E-state index contributed by atoms with van der Waals surface area (Å²) in [6.45, 7) is 5.92. The predicted molar refractivity (Wildman–Crippen MR) is 102 cm³/mol. The first-order valence-electron chi connectivity index (χ1n) is 7.42. The van der Waals surface area contributed by atoms with Crippen molar-refractivity contribution in [3.8, 4) is 11.1 Å². The van der Waals surface area contributed by atoms with Gasteiger partial charge >= 0.3 is 7.12 Å². The second kappa shape index (κ2) is 6.55. The number of hydrogen-bond acceptors (Lipinski definition) is 3. The highest BCUT2D eigenvalue weighted by Gasteiger charge is 2.11. The Bertz CT molecular complexity index is 876. The standard InChI is InChI=1S/C19H17BO2S/c1-3-5-16-17-11-8-14(12-19(17)23-18(16)4-2)13-6-9-15(10-7-13)20(21)22/h3-12,21-22H,2H2,1H3/b5-3-. The summed E-state index contributed by atoms with van der Waals surface area (Å²) in [5, 5.41) is 19.6. The van der Waals surface area contributed by atoms with Gasteiger partial charge in [0.1, 0.15) is 0 Å². The van der Waals surface area contributed by atoms with Crippen LogP contribution >= 0.6 is 11.3 Å². The third-order valence-electron chi connectivity index (χ3n) is 3.82. The van der Waals surface area contributed by atoms with Crippen LogP contribution < -0.4 is 5.46 Å². The molecule has 3 rings (SSSR count). The topological polar surface area (TPSA) is 40.5 Å². The number of rotatable bonds is 4. The maximum atomic E-state index is 9.18. The van der Waals surface area contributed by atoms with Gasteiger partial charge in [0.05, 0.1) is 0 Å². The summed E-state index contributed by atoms with van der Waals surface area (Å²) >= 11 is 1.73. The lowest BCUT2D eigenvalue weighted by Gasteiger charge is -2.04. The molecule has 23 heavy (non-hydrogen) atoms. The quantitative estimate of drug-likeness (QED) is 0.715. The van der Waals surface area contributed by atoms with Gasteiger partial charge in [-0.25, -0.2) is 0 Å². The van der Waals surface area contributed by atoms with Crippen LogP contribution in [-0.4, -0.2) is 17.2 Å². The molecule has 114 valence electrons. The Labute approximate surface area is 140 Å². The number of benzene rings is 2. The fourth-order valence-electron chi connectivity index (χ4n) is 2.65. The predicted octanol–water partition coefficient (Wildman–Crippen LogP) is 3.92. The third kappa shape index (κ3) is 3.01. The Morgan fingerprint density at radius 1 is 1.04 bits per heavy atom. The Morgan fingerprint density at radius 3 is 2.35 bits per heavy atom. The first kappa shape index (κ1) is 15.7. The van der Waals surface area contributed by atoms with E-state index >= 15 is 0 Å². The summed E-state index contributed by atoms with van der Waals surface area (Å²) in [6, 6.07) is 13.7. The fourth-order valence-corrected chi connectivity index (χ4v) is 3.73. The normalized spacial score (nSPS) is 11.3. The SMILES string of the molecule is C=Cc1sc2cc(-c3ccc(B(O)O)cc3)ccc2c1/C=C\C. The molecule has 0 aliphatic rings. The van der Waals surface area contributed by atoms with Crippen LogP contribution in [0.1, 0.15) is 17.4 Å². The Kier molecular flexibility index (Phi) is 4.48. The van der Waals surface area contributed by atoms with Gasteiger partial charge in [0.25, 0.3) is 0 Å². The van der Waals surface area contributed by atoms with Crippen LogP contribution in [0.4, 0.5) is 0 Å². The summed E-state index contributed by atoms with van der Waals surface area (Å²) in [5.74, 6) is 0. The summed E-state index contributed by atoms with van der Waals surface area (Å²) in [5.41, 5.74) is 3.88. The molecule has 1 aromatic heterocycles. The summed E-state index contributed by atoms with van der Waals surface area (Å²) in [4.78, 5) is 1.18. The average Bonchev–Trinajstić information content (AvgIpc) is 2.92. The highest BCUT2D eigenvalue weighted by atomic mass is 32.1. The van der Waals surface area contributed by atoms with Gasteiger partial charge in [0.15, 0.2) is 0 Å². The van der Waals surface area contributed by atoms with Gasteiger partial charge in [-0.3, -0.25) is 0 Å². The monoisotopic (exact) mass is 320 g/mol. The van der Waals surface area contributed by atoms with Gasteiger partial charge in [0.2, 0.25) is 0 Å². The molecule has 4 heteroatoms. The van der Waals surface area contributed by atoms with Crippen LogP contribution in [-0.2, 0) is 0 Å². The third-order valence-corrected chi connectivity index (χ3v) is 4.98.